The Labute approximate surface area is 132 Å². The van der Waals surface area contributed by atoms with Crippen molar-refractivity contribution in [2.75, 3.05) is 42.3 Å². The zero-order valence-electron chi connectivity index (χ0n) is 13.5. The SMILES string of the molecule is Cc1cc(N(C)C)nc(Nc2ccc(N3CCCC3)cc2)n1. The van der Waals surface area contributed by atoms with Gasteiger partial charge in [0.15, 0.2) is 0 Å². The molecule has 5 nitrogen and oxygen atoms in total. The summed E-state index contributed by atoms with van der Waals surface area (Å²) in [6.07, 6.45) is 2.59. The molecule has 1 aromatic heterocycles. The molecule has 116 valence electrons. The van der Waals surface area contributed by atoms with Crippen LogP contribution in [0.15, 0.2) is 30.3 Å². The zero-order valence-corrected chi connectivity index (χ0v) is 13.5. The number of rotatable bonds is 4. The number of anilines is 4. The first-order valence-electron chi connectivity index (χ1n) is 7.77. The average molecular weight is 297 g/mol. The van der Waals surface area contributed by atoms with Gasteiger partial charge in [-0.2, -0.15) is 4.98 Å². The Bertz CT molecular complexity index is 630. The predicted octanol–water partition coefficient (Wildman–Crippen LogP) is 3.19. The molecule has 0 radical (unpaired) electrons. The molecular weight excluding hydrogens is 274 g/mol. The van der Waals surface area contributed by atoms with Gasteiger partial charge in [0.25, 0.3) is 0 Å². The van der Waals surface area contributed by atoms with E-state index in [4.69, 9.17) is 0 Å². The molecule has 1 fully saturated rings. The van der Waals surface area contributed by atoms with Crippen molar-refractivity contribution >= 4 is 23.1 Å². The largest absolute Gasteiger partial charge is 0.372 e. The average Bonchev–Trinajstić information content (AvgIpc) is 3.01. The second-order valence-electron chi connectivity index (χ2n) is 5.95. The molecule has 1 N–H and O–H groups in total. The molecule has 0 atom stereocenters. The maximum absolute atomic E-state index is 4.52. The van der Waals surface area contributed by atoms with Crippen molar-refractivity contribution in [1.29, 1.82) is 0 Å². The number of hydrogen-bond donors (Lipinski definition) is 1. The van der Waals surface area contributed by atoms with E-state index in [0.717, 1.165) is 17.2 Å². The summed E-state index contributed by atoms with van der Waals surface area (Å²) in [6.45, 7) is 4.32. The van der Waals surface area contributed by atoms with Gasteiger partial charge in [-0.1, -0.05) is 0 Å². The highest BCUT2D eigenvalue weighted by molar-refractivity contribution is 5.60. The number of nitrogens with zero attached hydrogens (tertiary/aromatic N) is 4. The minimum Gasteiger partial charge on any atom is -0.372 e. The van der Waals surface area contributed by atoms with Crippen molar-refractivity contribution in [2.45, 2.75) is 19.8 Å². The molecule has 0 unspecified atom stereocenters. The third-order valence-corrected chi connectivity index (χ3v) is 3.89. The Morgan fingerprint density at radius 3 is 2.36 bits per heavy atom. The molecule has 0 spiro atoms. The molecule has 0 amide bonds. The summed E-state index contributed by atoms with van der Waals surface area (Å²) in [5, 5.41) is 3.29. The van der Waals surface area contributed by atoms with Crippen LogP contribution in [0.5, 0.6) is 0 Å². The van der Waals surface area contributed by atoms with Gasteiger partial charge < -0.3 is 15.1 Å². The predicted molar refractivity (Wildman–Crippen MR) is 92.3 cm³/mol. The van der Waals surface area contributed by atoms with Gasteiger partial charge in [0, 0.05) is 50.3 Å². The van der Waals surface area contributed by atoms with Gasteiger partial charge in [0.1, 0.15) is 5.82 Å². The van der Waals surface area contributed by atoms with Crippen LogP contribution in [-0.4, -0.2) is 37.2 Å². The van der Waals surface area contributed by atoms with Crippen molar-refractivity contribution in [1.82, 2.24) is 9.97 Å². The first kappa shape index (κ1) is 14.6. The normalized spacial score (nSPS) is 14.2. The van der Waals surface area contributed by atoms with Crippen molar-refractivity contribution in [3.63, 3.8) is 0 Å². The second-order valence-corrected chi connectivity index (χ2v) is 5.95. The van der Waals surface area contributed by atoms with Gasteiger partial charge in [-0.15, -0.1) is 0 Å². The molecule has 1 saturated heterocycles. The molecule has 22 heavy (non-hydrogen) atoms. The molecule has 2 heterocycles. The lowest BCUT2D eigenvalue weighted by molar-refractivity contribution is 0.949. The number of aryl methyl sites for hydroxylation is 1. The van der Waals surface area contributed by atoms with Crippen LogP contribution in [0.4, 0.5) is 23.1 Å². The van der Waals surface area contributed by atoms with E-state index in [1.54, 1.807) is 0 Å². The van der Waals surface area contributed by atoms with Crippen molar-refractivity contribution < 1.29 is 0 Å². The Morgan fingerprint density at radius 1 is 1.05 bits per heavy atom. The van der Waals surface area contributed by atoms with E-state index < -0.39 is 0 Å². The summed E-state index contributed by atoms with van der Waals surface area (Å²) in [4.78, 5) is 13.4. The van der Waals surface area contributed by atoms with Crippen molar-refractivity contribution in [3.8, 4) is 0 Å². The van der Waals surface area contributed by atoms with E-state index in [2.05, 4.69) is 44.5 Å². The summed E-state index contributed by atoms with van der Waals surface area (Å²) >= 11 is 0. The van der Waals surface area contributed by atoms with Gasteiger partial charge >= 0.3 is 0 Å². The van der Waals surface area contributed by atoms with Crippen LogP contribution in [0.1, 0.15) is 18.5 Å². The van der Waals surface area contributed by atoms with Gasteiger partial charge in [-0.3, -0.25) is 0 Å². The molecule has 0 aliphatic carbocycles. The molecule has 0 saturated carbocycles. The van der Waals surface area contributed by atoms with Crippen LogP contribution >= 0.6 is 0 Å². The Hall–Kier alpha value is -2.30. The van der Waals surface area contributed by atoms with Gasteiger partial charge in [0.2, 0.25) is 5.95 Å². The Balaban J connectivity index is 1.75. The smallest absolute Gasteiger partial charge is 0.229 e. The number of aromatic nitrogens is 2. The highest BCUT2D eigenvalue weighted by Gasteiger charge is 2.12. The molecule has 0 bridgehead atoms. The van der Waals surface area contributed by atoms with E-state index in [-0.39, 0.29) is 0 Å². The highest BCUT2D eigenvalue weighted by Crippen LogP contribution is 2.23. The van der Waals surface area contributed by atoms with Gasteiger partial charge in [-0.25, -0.2) is 4.98 Å². The van der Waals surface area contributed by atoms with E-state index in [1.165, 1.54) is 31.6 Å². The maximum atomic E-state index is 4.52. The lowest BCUT2D eigenvalue weighted by Gasteiger charge is -2.18. The van der Waals surface area contributed by atoms with Crippen LogP contribution in [0.25, 0.3) is 0 Å². The first-order valence-corrected chi connectivity index (χ1v) is 7.77. The van der Waals surface area contributed by atoms with Gasteiger partial charge in [-0.05, 0) is 44.0 Å². The molecule has 1 aliphatic rings. The highest BCUT2D eigenvalue weighted by atomic mass is 15.2. The fourth-order valence-electron chi connectivity index (χ4n) is 2.70. The van der Waals surface area contributed by atoms with E-state index >= 15 is 0 Å². The topological polar surface area (TPSA) is 44.3 Å². The number of hydrogen-bond acceptors (Lipinski definition) is 5. The number of benzene rings is 1. The molecular formula is C17H23N5. The summed E-state index contributed by atoms with van der Waals surface area (Å²) in [6, 6.07) is 10.5. The molecule has 2 aromatic rings. The van der Waals surface area contributed by atoms with Crippen LogP contribution in [0.2, 0.25) is 0 Å². The van der Waals surface area contributed by atoms with Crippen LogP contribution in [0.3, 0.4) is 0 Å². The third-order valence-electron chi connectivity index (χ3n) is 3.89. The fraction of sp³-hybridized carbons (Fsp3) is 0.412. The molecule has 5 heteroatoms. The molecule has 3 rings (SSSR count). The first-order chi connectivity index (χ1) is 10.6. The van der Waals surface area contributed by atoms with Crippen molar-refractivity contribution in [2.24, 2.45) is 0 Å². The summed E-state index contributed by atoms with van der Waals surface area (Å²) in [5.74, 6) is 1.54. The monoisotopic (exact) mass is 297 g/mol. The Kier molecular flexibility index (Phi) is 4.13. The third kappa shape index (κ3) is 3.30. The standard InChI is InChI=1S/C17H23N5/c1-13-12-16(21(2)3)20-17(18-13)19-14-6-8-15(9-7-14)22-10-4-5-11-22/h6-9,12H,4-5,10-11H2,1-3H3,(H,18,19,20). The fourth-order valence-corrected chi connectivity index (χ4v) is 2.70. The quantitative estimate of drug-likeness (QED) is 0.939. The lowest BCUT2D eigenvalue weighted by Crippen LogP contribution is -2.17. The summed E-state index contributed by atoms with van der Waals surface area (Å²) in [7, 11) is 3.97. The Morgan fingerprint density at radius 2 is 1.73 bits per heavy atom. The van der Waals surface area contributed by atoms with E-state index in [1.807, 2.05) is 32.0 Å². The van der Waals surface area contributed by atoms with E-state index in [9.17, 15) is 0 Å². The van der Waals surface area contributed by atoms with E-state index in [0.29, 0.717) is 5.95 Å². The van der Waals surface area contributed by atoms with Crippen molar-refractivity contribution in [3.05, 3.63) is 36.0 Å². The lowest BCUT2D eigenvalue weighted by atomic mass is 10.2. The summed E-state index contributed by atoms with van der Waals surface area (Å²) in [5.41, 5.74) is 3.26. The minimum absolute atomic E-state index is 0.637. The minimum atomic E-state index is 0.637. The zero-order chi connectivity index (χ0) is 15.5. The second kappa shape index (κ2) is 6.22. The summed E-state index contributed by atoms with van der Waals surface area (Å²) < 4.78 is 0. The maximum Gasteiger partial charge on any atom is 0.229 e. The number of nitrogens with one attached hydrogen (secondary N) is 1. The van der Waals surface area contributed by atoms with Crippen LogP contribution in [-0.2, 0) is 0 Å². The molecule has 1 aliphatic heterocycles. The van der Waals surface area contributed by atoms with Gasteiger partial charge in [0.05, 0.1) is 0 Å². The van der Waals surface area contributed by atoms with Crippen LogP contribution in [0, 0.1) is 6.92 Å². The molecule has 1 aromatic carbocycles. The van der Waals surface area contributed by atoms with Crippen LogP contribution < -0.4 is 15.1 Å².